The first-order valence-corrected chi connectivity index (χ1v) is 12.2. The summed E-state index contributed by atoms with van der Waals surface area (Å²) in [5.74, 6) is 0.509. The van der Waals surface area contributed by atoms with E-state index in [2.05, 4.69) is 38.0 Å². The highest BCUT2D eigenvalue weighted by Crippen LogP contribution is 2.35. The van der Waals surface area contributed by atoms with E-state index in [1.54, 1.807) is 18.3 Å². The average molecular weight is 480 g/mol. The van der Waals surface area contributed by atoms with Gasteiger partial charge in [0.25, 0.3) is 0 Å². The van der Waals surface area contributed by atoms with E-state index in [1.807, 2.05) is 12.1 Å². The first kappa shape index (κ1) is 19.7. The van der Waals surface area contributed by atoms with Gasteiger partial charge in [0.1, 0.15) is 5.65 Å². The zero-order chi connectivity index (χ0) is 19.9. The van der Waals surface area contributed by atoms with Crippen LogP contribution in [-0.2, 0) is 9.84 Å². The number of rotatable bonds is 4. The minimum Gasteiger partial charge on any atom is -0.339 e. The van der Waals surface area contributed by atoms with Crippen LogP contribution < -0.4 is 0 Å². The molecular weight excluding hydrogens is 460 g/mol. The molecule has 7 heteroatoms. The molecule has 0 bridgehead atoms. The molecule has 3 aromatic rings. The van der Waals surface area contributed by atoms with Crippen molar-refractivity contribution in [2.75, 3.05) is 6.26 Å². The van der Waals surface area contributed by atoms with Gasteiger partial charge in [-0.15, -0.1) is 0 Å². The van der Waals surface area contributed by atoms with Gasteiger partial charge in [-0.05, 0) is 64.5 Å². The normalized spacial score (nSPS) is 16.2. The third-order valence-corrected chi connectivity index (χ3v) is 7.18. The first-order chi connectivity index (χ1) is 13.3. The van der Waals surface area contributed by atoms with E-state index < -0.39 is 9.84 Å². The highest BCUT2D eigenvalue weighted by molar-refractivity contribution is 9.10. The third-order valence-electron chi connectivity index (χ3n) is 5.17. The predicted octanol–water partition coefficient (Wildman–Crippen LogP) is 6.00. The number of nitrogens with one attached hydrogen (secondary N) is 1. The number of fused-ring (bicyclic) bond motifs is 1. The molecule has 146 valence electrons. The number of pyridine rings is 1. The van der Waals surface area contributed by atoms with Crippen LogP contribution >= 0.6 is 27.5 Å². The quantitative estimate of drug-likeness (QED) is 0.499. The molecule has 0 radical (unpaired) electrons. The van der Waals surface area contributed by atoms with Gasteiger partial charge in [0.05, 0.1) is 9.92 Å². The second kappa shape index (κ2) is 7.65. The van der Waals surface area contributed by atoms with E-state index in [4.69, 9.17) is 11.6 Å². The number of halogens is 2. The molecule has 4 nitrogen and oxygen atoms in total. The third kappa shape index (κ3) is 4.04. The second-order valence-corrected chi connectivity index (χ2v) is 10.6. The minimum atomic E-state index is -3.36. The standard InChI is InChI=1S/C21H20BrClN2O2S/c1-28(26,27)20-7-6-14(10-18(20)23)17(8-13-4-2-3-5-13)19-11-15-9-16(22)12-24-21(15)25-19/h6-13H,2-5H2,1H3,(H,24,25)/b17-8+. The molecule has 4 rings (SSSR count). The van der Waals surface area contributed by atoms with Crippen molar-refractivity contribution in [1.82, 2.24) is 9.97 Å². The number of nitrogens with zero attached hydrogens (tertiary/aromatic N) is 1. The summed E-state index contributed by atoms with van der Waals surface area (Å²) < 4.78 is 24.8. The maximum Gasteiger partial charge on any atom is 0.176 e. The Hall–Kier alpha value is -1.63. The fourth-order valence-corrected chi connectivity index (χ4v) is 5.48. The van der Waals surface area contributed by atoms with Crippen LogP contribution in [0.5, 0.6) is 0 Å². The van der Waals surface area contributed by atoms with E-state index in [-0.39, 0.29) is 9.92 Å². The maximum absolute atomic E-state index is 11.9. The average Bonchev–Trinajstić information content (AvgIpc) is 3.27. The SMILES string of the molecule is CS(=O)(=O)c1ccc(/C(=C\C2CCCC2)c2cc3cc(Br)cnc3[nH]2)cc1Cl. The Bertz CT molecular complexity index is 1180. The van der Waals surface area contributed by atoms with Crippen molar-refractivity contribution < 1.29 is 8.42 Å². The minimum absolute atomic E-state index is 0.153. The number of aromatic nitrogens is 2. The number of aromatic amines is 1. The summed E-state index contributed by atoms with van der Waals surface area (Å²) >= 11 is 9.79. The lowest BCUT2D eigenvalue weighted by molar-refractivity contribution is 0.602. The molecule has 0 unspecified atom stereocenters. The number of sulfone groups is 1. The highest BCUT2D eigenvalue weighted by atomic mass is 79.9. The number of H-pyrrole nitrogens is 1. The van der Waals surface area contributed by atoms with Crippen molar-refractivity contribution in [2.24, 2.45) is 5.92 Å². The molecule has 0 atom stereocenters. The van der Waals surface area contributed by atoms with E-state index in [0.717, 1.165) is 32.3 Å². The number of hydrogen-bond donors (Lipinski definition) is 1. The summed E-state index contributed by atoms with van der Waals surface area (Å²) in [6.45, 7) is 0. The first-order valence-electron chi connectivity index (χ1n) is 9.18. The summed E-state index contributed by atoms with van der Waals surface area (Å²) in [4.78, 5) is 7.99. The number of benzene rings is 1. The van der Waals surface area contributed by atoms with Gasteiger partial charge in [-0.25, -0.2) is 13.4 Å². The van der Waals surface area contributed by atoms with E-state index in [9.17, 15) is 8.42 Å². The van der Waals surface area contributed by atoms with Crippen LogP contribution in [0, 0.1) is 5.92 Å². The molecule has 28 heavy (non-hydrogen) atoms. The van der Waals surface area contributed by atoms with Crippen LogP contribution in [0.1, 0.15) is 36.9 Å². The second-order valence-electron chi connectivity index (χ2n) is 7.32. The van der Waals surface area contributed by atoms with Gasteiger partial charge in [0, 0.05) is 33.6 Å². The molecule has 0 amide bonds. The van der Waals surface area contributed by atoms with E-state index in [1.165, 1.54) is 31.9 Å². The maximum atomic E-state index is 11.9. The Labute approximate surface area is 178 Å². The van der Waals surface area contributed by atoms with E-state index >= 15 is 0 Å². The monoisotopic (exact) mass is 478 g/mol. The molecule has 1 aliphatic rings. The van der Waals surface area contributed by atoms with Crippen LogP contribution in [0.2, 0.25) is 5.02 Å². The van der Waals surface area contributed by atoms with Crippen LogP contribution in [0.15, 0.2) is 52.0 Å². The molecule has 0 spiro atoms. The Morgan fingerprint density at radius 2 is 2.00 bits per heavy atom. The Morgan fingerprint density at radius 1 is 1.25 bits per heavy atom. The lowest BCUT2D eigenvalue weighted by atomic mass is 9.96. The van der Waals surface area contributed by atoms with Gasteiger partial charge < -0.3 is 4.98 Å². The fourth-order valence-electron chi connectivity index (χ4n) is 3.80. The lowest BCUT2D eigenvalue weighted by Crippen LogP contribution is -2.00. The molecule has 0 saturated heterocycles. The van der Waals surface area contributed by atoms with Gasteiger partial charge >= 0.3 is 0 Å². The molecule has 2 heterocycles. The van der Waals surface area contributed by atoms with Crippen molar-refractivity contribution in [2.45, 2.75) is 30.6 Å². The largest absolute Gasteiger partial charge is 0.339 e. The fraction of sp³-hybridized carbons (Fsp3) is 0.286. The zero-order valence-electron chi connectivity index (χ0n) is 15.4. The Morgan fingerprint density at radius 3 is 2.68 bits per heavy atom. The van der Waals surface area contributed by atoms with Gasteiger partial charge in [-0.2, -0.15) is 0 Å². The Balaban J connectivity index is 1.85. The van der Waals surface area contributed by atoms with Gasteiger partial charge in [0.2, 0.25) is 0 Å². The zero-order valence-corrected chi connectivity index (χ0v) is 18.5. The predicted molar refractivity (Wildman–Crippen MR) is 117 cm³/mol. The van der Waals surface area contributed by atoms with Crippen LogP contribution in [0.4, 0.5) is 0 Å². The van der Waals surface area contributed by atoms with Gasteiger partial charge in [-0.1, -0.05) is 36.6 Å². The number of allylic oxidation sites excluding steroid dienone is 1. The summed E-state index contributed by atoms with van der Waals surface area (Å²) in [7, 11) is -3.36. The molecular formula is C21H20BrClN2O2S. The van der Waals surface area contributed by atoms with Crippen molar-refractivity contribution in [3.05, 3.63) is 63.4 Å². The summed E-state index contributed by atoms with van der Waals surface area (Å²) in [5.41, 5.74) is 3.70. The van der Waals surface area contributed by atoms with Crippen molar-refractivity contribution in [3.8, 4) is 0 Å². The van der Waals surface area contributed by atoms with Crippen LogP contribution in [-0.4, -0.2) is 24.6 Å². The van der Waals surface area contributed by atoms with Gasteiger partial charge in [-0.3, -0.25) is 0 Å². The molecule has 1 N–H and O–H groups in total. The van der Waals surface area contributed by atoms with Crippen molar-refractivity contribution >= 4 is 54.0 Å². The number of hydrogen-bond acceptors (Lipinski definition) is 3. The van der Waals surface area contributed by atoms with Crippen molar-refractivity contribution in [1.29, 1.82) is 0 Å². The summed E-state index contributed by atoms with van der Waals surface area (Å²) in [6.07, 6.45) is 10.0. The highest BCUT2D eigenvalue weighted by Gasteiger charge is 2.19. The molecule has 1 saturated carbocycles. The molecule has 1 aromatic carbocycles. The topological polar surface area (TPSA) is 62.8 Å². The Kier molecular flexibility index (Phi) is 5.38. The molecule has 1 fully saturated rings. The summed E-state index contributed by atoms with van der Waals surface area (Å²) in [6, 6.07) is 9.26. The van der Waals surface area contributed by atoms with Crippen molar-refractivity contribution in [3.63, 3.8) is 0 Å². The van der Waals surface area contributed by atoms with Gasteiger partial charge in [0.15, 0.2) is 9.84 Å². The molecule has 1 aliphatic carbocycles. The van der Waals surface area contributed by atoms with Crippen LogP contribution in [0.3, 0.4) is 0 Å². The smallest absolute Gasteiger partial charge is 0.176 e. The van der Waals surface area contributed by atoms with E-state index in [0.29, 0.717) is 5.92 Å². The summed E-state index contributed by atoms with van der Waals surface area (Å²) in [5, 5.41) is 1.26. The lowest BCUT2D eigenvalue weighted by Gasteiger charge is -2.12. The van der Waals surface area contributed by atoms with Crippen LogP contribution in [0.25, 0.3) is 16.6 Å². The molecule has 0 aliphatic heterocycles. The molecule has 2 aromatic heterocycles.